The Labute approximate surface area is 180 Å². The van der Waals surface area contributed by atoms with Crippen LogP contribution in [0.5, 0.6) is 11.5 Å². The first-order chi connectivity index (χ1) is 14.6. The summed E-state index contributed by atoms with van der Waals surface area (Å²) in [7, 11) is 4.29. The molecule has 2 aliphatic rings. The summed E-state index contributed by atoms with van der Waals surface area (Å²) in [6, 6.07) is 16.5. The number of hydrogen-bond donors (Lipinski definition) is 1. The Kier molecular flexibility index (Phi) is 6.58. The highest BCUT2D eigenvalue weighted by atomic mass is 16.5. The molecule has 160 valence electrons. The van der Waals surface area contributed by atoms with Gasteiger partial charge in [0, 0.05) is 18.2 Å². The van der Waals surface area contributed by atoms with Crippen LogP contribution in [0.3, 0.4) is 0 Å². The highest BCUT2D eigenvalue weighted by Crippen LogP contribution is 2.36. The molecule has 0 unspecified atom stereocenters. The zero-order valence-electron chi connectivity index (χ0n) is 18.3. The van der Waals surface area contributed by atoms with Crippen molar-refractivity contribution < 1.29 is 4.74 Å². The van der Waals surface area contributed by atoms with E-state index in [0.717, 1.165) is 36.7 Å². The number of benzene rings is 2. The van der Waals surface area contributed by atoms with E-state index in [1.165, 1.54) is 37.7 Å². The number of fused-ring (bicyclic) bond motifs is 1. The molecule has 1 atom stereocenters. The summed E-state index contributed by atoms with van der Waals surface area (Å²) in [5.41, 5.74) is 8.64. The molecule has 1 fully saturated rings. The number of nitrogens with zero attached hydrogens (tertiary/aromatic N) is 3. The van der Waals surface area contributed by atoms with E-state index >= 15 is 0 Å². The van der Waals surface area contributed by atoms with Gasteiger partial charge in [0.05, 0.1) is 5.69 Å². The summed E-state index contributed by atoms with van der Waals surface area (Å²) in [4.78, 5) is 9.40. The predicted octanol–water partition coefficient (Wildman–Crippen LogP) is 5.14. The second-order valence-electron chi connectivity index (χ2n) is 8.86. The van der Waals surface area contributed by atoms with Gasteiger partial charge in [-0.1, -0.05) is 37.5 Å². The van der Waals surface area contributed by atoms with E-state index in [1.807, 2.05) is 42.5 Å². The first kappa shape index (κ1) is 20.7. The molecule has 0 bridgehead atoms. The van der Waals surface area contributed by atoms with Crippen LogP contribution in [0.15, 0.2) is 53.5 Å². The molecular weight excluding hydrogens is 372 g/mol. The maximum absolute atomic E-state index is 6.50. The lowest BCUT2D eigenvalue weighted by molar-refractivity contribution is 0.154. The fourth-order valence-electron chi connectivity index (χ4n) is 4.78. The van der Waals surface area contributed by atoms with Gasteiger partial charge < -0.3 is 20.3 Å². The van der Waals surface area contributed by atoms with Crippen LogP contribution in [0.4, 0.5) is 5.69 Å². The Hall–Kier alpha value is -2.53. The van der Waals surface area contributed by atoms with Crippen molar-refractivity contribution >= 4 is 11.6 Å². The monoisotopic (exact) mass is 406 g/mol. The van der Waals surface area contributed by atoms with E-state index in [1.54, 1.807) is 0 Å². The van der Waals surface area contributed by atoms with Crippen LogP contribution >= 0.6 is 0 Å². The molecule has 0 spiro atoms. The standard InChI is InChI=1S/C25H34N4O/c1-28(2)16-15-24(19-9-5-3-6-10-19)29-18-20-17-22(13-14-23(20)27-25(29)26)30-21-11-7-4-8-12-21/h4,7-8,11-14,17,19,24H,3,5-6,9-10,15-16,18H2,1-2H3,(H2,26,27)/t24-/m0/s1. The van der Waals surface area contributed by atoms with Gasteiger partial charge in [0.15, 0.2) is 5.96 Å². The quantitative estimate of drug-likeness (QED) is 0.692. The Morgan fingerprint density at radius 2 is 1.83 bits per heavy atom. The minimum atomic E-state index is 0.434. The Balaban J connectivity index is 1.56. The molecule has 2 N–H and O–H groups in total. The maximum Gasteiger partial charge on any atom is 0.197 e. The van der Waals surface area contributed by atoms with E-state index in [2.05, 4.69) is 30.0 Å². The molecule has 5 heteroatoms. The van der Waals surface area contributed by atoms with Crippen LogP contribution in [0.1, 0.15) is 44.1 Å². The first-order valence-electron chi connectivity index (χ1n) is 11.2. The van der Waals surface area contributed by atoms with E-state index in [4.69, 9.17) is 15.5 Å². The van der Waals surface area contributed by atoms with Gasteiger partial charge in [-0.25, -0.2) is 4.99 Å². The number of para-hydroxylation sites is 1. The Bertz CT molecular complexity index is 859. The van der Waals surface area contributed by atoms with Crippen molar-refractivity contribution in [3.8, 4) is 11.5 Å². The highest BCUT2D eigenvalue weighted by Gasteiger charge is 2.32. The molecule has 1 aliphatic carbocycles. The Morgan fingerprint density at radius 3 is 2.57 bits per heavy atom. The molecule has 0 saturated heterocycles. The lowest BCUT2D eigenvalue weighted by Gasteiger charge is -2.41. The smallest absolute Gasteiger partial charge is 0.197 e. The fourth-order valence-corrected chi connectivity index (χ4v) is 4.78. The van der Waals surface area contributed by atoms with Crippen molar-refractivity contribution in [2.45, 2.75) is 51.1 Å². The summed E-state index contributed by atoms with van der Waals surface area (Å²) in [6.07, 6.45) is 7.74. The summed E-state index contributed by atoms with van der Waals surface area (Å²) in [6.45, 7) is 1.86. The van der Waals surface area contributed by atoms with E-state index < -0.39 is 0 Å². The molecule has 2 aromatic rings. The van der Waals surface area contributed by atoms with Gasteiger partial charge in [0.25, 0.3) is 0 Å². The van der Waals surface area contributed by atoms with Crippen molar-refractivity contribution in [3.63, 3.8) is 0 Å². The third-order valence-corrected chi connectivity index (χ3v) is 6.37. The second-order valence-corrected chi connectivity index (χ2v) is 8.86. The van der Waals surface area contributed by atoms with E-state index in [0.29, 0.717) is 17.9 Å². The molecule has 0 radical (unpaired) electrons. The summed E-state index contributed by atoms with van der Waals surface area (Å²) >= 11 is 0. The van der Waals surface area contributed by atoms with Crippen molar-refractivity contribution in [3.05, 3.63) is 54.1 Å². The van der Waals surface area contributed by atoms with Gasteiger partial charge in [-0.3, -0.25) is 0 Å². The predicted molar refractivity (Wildman–Crippen MR) is 123 cm³/mol. The third-order valence-electron chi connectivity index (χ3n) is 6.37. The van der Waals surface area contributed by atoms with Crippen molar-refractivity contribution in [2.24, 2.45) is 16.6 Å². The zero-order valence-corrected chi connectivity index (χ0v) is 18.3. The molecular formula is C25H34N4O. The number of nitrogens with two attached hydrogens (primary N) is 1. The van der Waals surface area contributed by atoms with Crippen LogP contribution in [0.2, 0.25) is 0 Å². The lowest BCUT2D eigenvalue weighted by atomic mass is 9.81. The summed E-state index contributed by atoms with van der Waals surface area (Å²) in [5.74, 6) is 3.04. The third kappa shape index (κ3) is 4.96. The molecule has 4 rings (SSSR count). The Morgan fingerprint density at radius 1 is 1.07 bits per heavy atom. The number of aliphatic imine (C=N–C) groups is 1. The first-order valence-corrected chi connectivity index (χ1v) is 11.2. The summed E-state index contributed by atoms with van der Waals surface area (Å²) < 4.78 is 6.06. The molecule has 30 heavy (non-hydrogen) atoms. The average molecular weight is 407 g/mol. The molecule has 5 nitrogen and oxygen atoms in total. The van der Waals surface area contributed by atoms with Gasteiger partial charge >= 0.3 is 0 Å². The van der Waals surface area contributed by atoms with E-state index in [9.17, 15) is 0 Å². The molecule has 2 aromatic carbocycles. The van der Waals surface area contributed by atoms with Gasteiger partial charge in [0.1, 0.15) is 11.5 Å². The van der Waals surface area contributed by atoms with Crippen molar-refractivity contribution in [1.29, 1.82) is 0 Å². The zero-order chi connectivity index (χ0) is 20.9. The van der Waals surface area contributed by atoms with Crippen LogP contribution in [0.25, 0.3) is 0 Å². The molecule has 1 saturated carbocycles. The van der Waals surface area contributed by atoms with Crippen LogP contribution in [-0.2, 0) is 6.54 Å². The van der Waals surface area contributed by atoms with Crippen molar-refractivity contribution in [1.82, 2.24) is 9.80 Å². The molecule has 1 heterocycles. The minimum absolute atomic E-state index is 0.434. The van der Waals surface area contributed by atoms with Crippen LogP contribution in [-0.4, -0.2) is 42.4 Å². The highest BCUT2D eigenvalue weighted by molar-refractivity contribution is 5.84. The number of rotatable bonds is 7. The molecule has 0 aromatic heterocycles. The van der Waals surface area contributed by atoms with Gasteiger partial charge in [-0.2, -0.15) is 0 Å². The SMILES string of the molecule is CN(C)CC[C@@H](C1CCCCC1)N1Cc2cc(Oc3ccccc3)ccc2N=C1N. The molecule has 0 amide bonds. The van der Waals surface area contributed by atoms with Gasteiger partial charge in [-0.15, -0.1) is 0 Å². The maximum atomic E-state index is 6.50. The van der Waals surface area contributed by atoms with Crippen LogP contribution in [0, 0.1) is 5.92 Å². The van der Waals surface area contributed by atoms with Crippen LogP contribution < -0.4 is 10.5 Å². The minimum Gasteiger partial charge on any atom is -0.457 e. The second kappa shape index (κ2) is 9.52. The number of hydrogen-bond acceptors (Lipinski definition) is 5. The molecule has 1 aliphatic heterocycles. The average Bonchev–Trinajstić information content (AvgIpc) is 2.76. The fraction of sp³-hybridized carbons (Fsp3) is 0.480. The lowest BCUT2D eigenvalue weighted by Crippen LogP contribution is -2.50. The normalized spacial score (nSPS) is 18.1. The topological polar surface area (TPSA) is 54.1 Å². The number of guanidine groups is 1. The van der Waals surface area contributed by atoms with Gasteiger partial charge in [-0.05, 0) is 76.2 Å². The van der Waals surface area contributed by atoms with E-state index in [-0.39, 0.29) is 0 Å². The summed E-state index contributed by atoms with van der Waals surface area (Å²) in [5, 5.41) is 0. The van der Waals surface area contributed by atoms with Gasteiger partial charge in [0.2, 0.25) is 0 Å². The van der Waals surface area contributed by atoms with Crippen molar-refractivity contribution in [2.75, 3.05) is 20.6 Å². The largest absolute Gasteiger partial charge is 0.457 e. The number of ether oxygens (including phenoxy) is 1.